The minimum atomic E-state index is -0.652. The first kappa shape index (κ1) is 11.8. The highest BCUT2D eigenvalue weighted by Gasteiger charge is 2.16. The molecule has 2 N–H and O–H groups in total. The molecule has 0 spiro atoms. The van der Waals surface area contributed by atoms with E-state index in [1.54, 1.807) is 6.92 Å². The molecule has 0 aromatic carbocycles. The summed E-state index contributed by atoms with van der Waals surface area (Å²) in [5.41, 5.74) is 5.94. The van der Waals surface area contributed by atoms with Crippen molar-refractivity contribution in [2.24, 2.45) is 0 Å². The molecule has 0 atom stereocenters. The standard InChI is InChI=1S/C10H10N6O2/c1-2-18-10(17)7-8(11)14-9(16-15-7)6-5-12-3-4-13-6/h3-5H,2H2,1H3,(H2,11,14,16). The summed E-state index contributed by atoms with van der Waals surface area (Å²) in [6.07, 6.45) is 4.49. The Balaban J connectivity index is 2.34. The van der Waals surface area contributed by atoms with Crippen molar-refractivity contribution in [3.05, 3.63) is 24.3 Å². The zero-order valence-corrected chi connectivity index (χ0v) is 9.57. The summed E-state index contributed by atoms with van der Waals surface area (Å²) >= 11 is 0. The minimum Gasteiger partial charge on any atom is -0.461 e. The van der Waals surface area contributed by atoms with Crippen LogP contribution in [-0.2, 0) is 4.74 Å². The molecule has 2 aromatic heterocycles. The van der Waals surface area contributed by atoms with Gasteiger partial charge in [-0.15, -0.1) is 10.2 Å². The number of aromatic nitrogens is 5. The van der Waals surface area contributed by atoms with E-state index >= 15 is 0 Å². The lowest BCUT2D eigenvalue weighted by atomic mass is 10.4. The molecular weight excluding hydrogens is 236 g/mol. The Hall–Kier alpha value is -2.64. The van der Waals surface area contributed by atoms with Crippen LogP contribution in [0, 0.1) is 0 Å². The molecule has 0 aliphatic rings. The molecule has 0 fully saturated rings. The van der Waals surface area contributed by atoms with Crippen LogP contribution in [0.4, 0.5) is 5.82 Å². The van der Waals surface area contributed by atoms with Gasteiger partial charge in [0.25, 0.3) is 0 Å². The van der Waals surface area contributed by atoms with Crippen LogP contribution < -0.4 is 5.73 Å². The van der Waals surface area contributed by atoms with Crippen molar-refractivity contribution in [2.45, 2.75) is 6.92 Å². The number of carbonyl (C=O) groups excluding carboxylic acids is 1. The van der Waals surface area contributed by atoms with Crippen LogP contribution in [0.5, 0.6) is 0 Å². The van der Waals surface area contributed by atoms with Gasteiger partial charge in [-0.1, -0.05) is 0 Å². The van der Waals surface area contributed by atoms with E-state index in [1.807, 2.05) is 0 Å². The topological polar surface area (TPSA) is 117 Å². The van der Waals surface area contributed by atoms with Crippen molar-refractivity contribution in [2.75, 3.05) is 12.3 Å². The van der Waals surface area contributed by atoms with Crippen molar-refractivity contribution < 1.29 is 9.53 Å². The minimum absolute atomic E-state index is 0.0518. The second-order valence-electron chi connectivity index (χ2n) is 3.18. The van der Waals surface area contributed by atoms with E-state index in [2.05, 4.69) is 25.1 Å². The lowest BCUT2D eigenvalue weighted by Crippen LogP contribution is -2.14. The van der Waals surface area contributed by atoms with Crippen molar-refractivity contribution in [3.63, 3.8) is 0 Å². The molecular formula is C10H10N6O2. The molecule has 92 valence electrons. The Bertz CT molecular complexity index is 560. The number of nitrogens with two attached hydrogens (primary N) is 1. The van der Waals surface area contributed by atoms with Crippen molar-refractivity contribution in [3.8, 4) is 11.5 Å². The van der Waals surface area contributed by atoms with Gasteiger partial charge in [0.15, 0.2) is 5.82 Å². The number of carbonyl (C=O) groups is 1. The number of ether oxygens (including phenoxy) is 1. The van der Waals surface area contributed by atoms with Crippen molar-refractivity contribution >= 4 is 11.8 Å². The maximum atomic E-state index is 11.4. The lowest BCUT2D eigenvalue weighted by Gasteiger charge is -2.04. The third-order valence-electron chi connectivity index (χ3n) is 1.97. The molecule has 0 bridgehead atoms. The molecule has 2 heterocycles. The summed E-state index contributed by atoms with van der Waals surface area (Å²) in [7, 11) is 0. The van der Waals surface area contributed by atoms with E-state index in [1.165, 1.54) is 18.6 Å². The molecule has 0 amide bonds. The maximum Gasteiger partial charge on any atom is 0.362 e. The molecule has 18 heavy (non-hydrogen) atoms. The quantitative estimate of drug-likeness (QED) is 0.757. The summed E-state index contributed by atoms with van der Waals surface area (Å²) in [5, 5.41) is 7.46. The average Bonchev–Trinajstić information content (AvgIpc) is 2.40. The van der Waals surface area contributed by atoms with Crippen LogP contribution in [0.3, 0.4) is 0 Å². The third kappa shape index (κ3) is 2.37. The largest absolute Gasteiger partial charge is 0.461 e. The molecule has 0 saturated carbocycles. The number of nitrogens with zero attached hydrogens (tertiary/aromatic N) is 5. The zero-order valence-electron chi connectivity index (χ0n) is 9.57. The van der Waals surface area contributed by atoms with Crippen LogP contribution in [0.15, 0.2) is 18.6 Å². The first-order valence-corrected chi connectivity index (χ1v) is 5.16. The van der Waals surface area contributed by atoms with E-state index in [0.717, 1.165) is 0 Å². The molecule has 8 nitrogen and oxygen atoms in total. The van der Waals surface area contributed by atoms with E-state index in [-0.39, 0.29) is 23.9 Å². The molecule has 0 saturated heterocycles. The van der Waals surface area contributed by atoms with Gasteiger partial charge in [0.1, 0.15) is 5.69 Å². The van der Waals surface area contributed by atoms with Gasteiger partial charge >= 0.3 is 5.97 Å². The zero-order chi connectivity index (χ0) is 13.0. The molecule has 0 aliphatic heterocycles. The smallest absolute Gasteiger partial charge is 0.362 e. The van der Waals surface area contributed by atoms with Gasteiger partial charge in [-0.05, 0) is 6.92 Å². The molecule has 0 aliphatic carbocycles. The van der Waals surface area contributed by atoms with Gasteiger partial charge in [0.2, 0.25) is 11.5 Å². The highest BCUT2D eigenvalue weighted by Crippen LogP contribution is 2.12. The molecule has 8 heteroatoms. The van der Waals surface area contributed by atoms with Crippen molar-refractivity contribution in [1.82, 2.24) is 25.1 Å². The number of anilines is 1. The van der Waals surface area contributed by atoms with Gasteiger partial charge in [0.05, 0.1) is 12.8 Å². The van der Waals surface area contributed by atoms with Crippen LogP contribution in [0.2, 0.25) is 0 Å². The fraction of sp³-hybridized carbons (Fsp3) is 0.200. The van der Waals surface area contributed by atoms with E-state index < -0.39 is 5.97 Å². The van der Waals surface area contributed by atoms with Crippen molar-refractivity contribution in [1.29, 1.82) is 0 Å². The second-order valence-corrected chi connectivity index (χ2v) is 3.18. The number of nitrogen functional groups attached to an aromatic ring is 1. The molecule has 0 radical (unpaired) electrons. The number of hydrogen-bond acceptors (Lipinski definition) is 8. The normalized spacial score (nSPS) is 10.1. The lowest BCUT2D eigenvalue weighted by molar-refractivity contribution is 0.0519. The first-order chi connectivity index (χ1) is 8.72. The van der Waals surface area contributed by atoms with E-state index in [0.29, 0.717) is 5.69 Å². The van der Waals surface area contributed by atoms with Crippen LogP contribution in [0.25, 0.3) is 11.5 Å². The molecule has 0 unspecified atom stereocenters. The second kappa shape index (κ2) is 5.13. The van der Waals surface area contributed by atoms with Crippen LogP contribution in [0.1, 0.15) is 17.4 Å². The van der Waals surface area contributed by atoms with Crippen LogP contribution >= 0.6 is 0 Å². The Morgan fingerprint density at radius 2 is 2.22 bits per heavy atom. The van der Waals surface area contributed by atoms with Gasteiger partial charge in [-0.3, -0.25) is 4.98 Å². The Labute approximate surface area is 102 Å². The Morgan fingerprint density at radius 1 is 1.39 bits per heavy atom. The SMILES string of the molecule is CCOC(=O)c1nnc(-c2cnccn2)nc1N. The van der Waals surface area contributed by atoms with Gasteiger partial charge in [0, 0.05) is 12.4 Å². The summed E-state index contributed by atoms with van der Waals surface area (Å²) in [6.45, 7) is 1.91. The average molecular weight is 246 g/mol. The van der Waals surface area contributed by atoms with Gasteiger partial charge in [-0.2, -0.15) is 0 Å². The fourth-order valence-corrected chi connectivity index (χ4v) is 1.21. The van der Waals surface area contributed by atoms with Crippen LogP contribution in [-0.4, -0.2) is 37.7 Å². The Kier molecular flexibility index (Phi) is 3.37. The third-order valence-corrected chi connectivity index (χ3v) is 1.97. The predicted octanol–water partition coefficient (Wildman–Crippen LogP) is 0.0875. The highest BCUT2D eigenvalue weighted by atomic mass is 16.5. The fourth-order valence-electron chi connectivity index (χ4n) is 1.21. The summed E-state index contributed by atoms with van der Waals surface area (Å²) in [5.74, 6) is -0.501. The van der Waals surface area contributed by atoms with Gasteiger partial charge in [-0.25, -0.2) is 14.8 Å². The van der Waals surface area contributed by atoms with Gasteiger partial charge < -0.3 is 10.5 Å². The molecule has 2 aromatic rings. The highest BCUT2D eigenvalue weighted by molar-refractivity contribution is 5.91. The number of esters is 1. The summed E-state index contributed by atoms with van der Waals surface area (Å²) < 4.78 is 4.76. The Morgan fingerprint density at radius 3 is 2.83 bits per heavy atom. The molecule has 2 rings (SSSR count). The van der Waals surface area contributed by atoms with E-state index in [9.17, 15) is 4.79 Å². The number of rotatable bonds is 3. The monoisotopic (exact) mass is 246 g/mol. The maximum absolute atomic E-state index is 11.4. The van der Waals surface area contributed by atoms with E-state index in [4.69, 9.17) is 10.5 Å². The summed E-state index contributed by atoms with van der Waals surface area (Å²) in [6, 6.07) is 0. The number of hydrogen-bond donors (Lipinski definition) is 1. The predicted molar refractivity (Wildman–Crippen MR) is 61.2 cm³/mol. The summed E-state index contributed by atoms with van der Waals surface area (Å²) in [4.78, 5) is 23.3. The first-order valence-electron chi connectivity index (χ1n) is 5.16.